The number of carbonyl (C=O) groups excluding carboxylic acids is 1. The summed E-state index contributed by atoms with van der Waals surface area (Å²) < 4.78 is 0. The number of nitro benzene ring substituents is 1. The number of rotatable bonds is 3. The molecule has 5 nitrogen and oxygen atoms in total. The van der Waals surface area contributed by atoms with Crippen molar-refractivity contribution in [3.05, 3.63) is 37.9 Å². The van der Waals surface area contributed by atoms with E-state index in [1.54, 1.807) is 0 Å². The van der Waals surface area contributed by atoms with E-state index < -0.39 is 10.8 Å². The van der Waals surface area contributed by atoms with Gasteiger partial charge in [0.05, 0.1) is 20.5 Å². The quantitative estimate of drug-likeness (QED) is 0.686. The summed E-state index contributed by atoms with van der Waals surface area (Å²) >= 11 is 11.7. The molecule has 0 atom stereocenters. The van der Waals surface area contributed by atoms with Crippen LogP contribution >= 0.6 is 23.2 Å². The van der Waals surface area contributed by atoms with E-state index in [0.29, 0.717) is 0 Å². The summed E-state index contributed by atoms with van der Waals surface area (Å²) in [5.74, 6) is -0.421. The fourth-order valence-corrected chi connectivity index (χ4v) is 2.07. The molecule has 0 radical (unpaired) electrons. The second kappa shape index (κ2) is 5.12. The highest BCUT2D eigenvalue weighted by molar-refractivity contribution is 6.44. The van der Waals surface area contributed by atoms with Crippen molar-refractivity contribution in [2.24, 2.45) is 0 Å². The van der Waals surface area contributed by atoms with Crippen molar-refractivity contribution in [1.29, 1.82) is 0 Å². The molecular formula is C11H10Cl2N2O3. The number of nitrogens with one attached hydrogen (secondary N) is 1. The zero-order valence-corrected chi connectivity index (χ0v) is 10.8. The fraction of sp³-hybridized carbons (Fsp3) is 0.364. The largest absolute Gasteiger partial charge is 0.349 e. The van der Waals surface area contributed by atoms with E-state index >= 15 is 0 Å². The molecule has 1 N–H and O–H groups in total. The zero-order valence-electron chi connectivity index (χ0n) is 9.28. The van der Waals surface area contributed by atoms with E-state index in [0.717, 1.165) is 31.4 Å². The maximum Gasteiger partial charge on any atom is 0.271 e. The summed E-state index contributed by atoms with van der Waals surface area (Å²) in [4.78, 5) is 22.0. The Balaban J connectivity index is 2.29. The van der Waals surface area contributed by atoms with Gasteiger partial charge < -0.3 is 5.32 Å². The first-order valence-electron chi connectivity index (χ1n) is 5.43. The molecular weight excluding hydrogens is 279 g/mol. The van der Waals surface area contributed by atoms with Crippen molar-refractivity contribution in [1.82, 2.24) is 5.32 Å². The Kier molecular flexibility index (Phi) is 3.73. The monoisotopic (exact) mass is 288 g/mol. The van der Waals surface area contributed by atoms with E-state index in [-0.39, 0.29) is 27.3 Å². The average molecular weight is 289 g/mol. The molecule has 0 aliphatic heterocycles. The molecule has 1 amide bonds. The minimum Gasteiger partial charge on any atom is -0.349 e. The Morgan fingerprint density at radius 3 is 2.56 bits per heavy atom. The summed E-state index contributed by atoms with van der Waals surface area (Å²) in [6.45, 7) is 0. The third kappa shape index (κ3) is 2.57. The van der Waals surface area contributed by atoms with Crippen LogP contribution in [0.25, 0.3) is 0 Å². The highest BCUT2D eigenvalue weighted by Crippen LogP contribution is 2.31. The average Bonchev–Trinajstić information content (AvgIpc) is 2.26. The minimum absolute atomic E-state index is 0.00428. The molecule has 0 heterocycles. The number of benzene rings is 1. The van der Waals surface area contributed by atoms with Crippen LogP contribution in [0.4, 0.5) is 5.69 Å². The fourth-order valence-electron chi connectivity index (χ4n) is 1.66. The molecule has 7 heteroatoms. The van der Waals surface area contributed by atoms with Gasteiger partial charge in [-0.05, 0) is 19.3 Å². The van der Waals surface area contributed by atoms with Gasteiger partial charge in [0.15, 0.2) is 0 Å². The van der Waals surface area contributed by atoms with Gasteiger partial charge >= 0.3 is 0 Å². The van der Waals surface area contributed by atoms with Crippen LogP contribution in [0.1, 0.15) is 29.6 Å². The SMILES string of the molecule is O=C(NC1CCC1)c1cc([N+](=O)[O-])cc(Cl)c1Cl. The first-order chi connectivity index (χ1) is 8.49. The van der Waals surface area contributed by atoms with Gasteiger partial charge in [-0.3, -0.25) is 14.9 Å². The molecule has 1 aromatic carbocycles. The predicted molar refractivity (Wildman–Crippen MR) is 68.2 cm³/mol. The minimum atomic E-state index is -0.609. The van der Waals surface area contributed by atoms with E-state index in [1.165, 1.54) is 0 Å². The summed E-state index contributed by atoms with van der Waals surface area (Å²) in [6.07, 6.45) is 2.92. The number of hydrogen-bond acceptors (Lipinski definition) is 3. The Morgan fingerprint density at radius 1 is 1.39 bits per heavy atom. The van der Waals surface area contributed by atoms with Gasteiger partial charge in [-0.25, -0.2) is 0 Å². The van der Waals surface area contributed by atoms with E-state index in [1.807, 2.05) is 0 Å². The Hall–Kier alpha value is -1.33. The molecule has 0 aromatic heterocycles. The molecule has 0 saturated heterocycles. The lowest BCUT2D eigenvalue weighted by Crippen LogP contribution is -2.39. The zero-order chi connectivity index (χ0) is 13.3. The molecule has 1 fully saturated rings. The maximum atomic E-state index is 11.9. The van der Waals surface area contributed by atoms with Gasteiger partial charge in [-0.15, -0.1) is 0 Å². The first-order valence-corrected chi connectivity index (χ1v) is 6.19. The number of carbonyl (C=O) groups is 1. The summed E-state index contributed by atoms with van der Waals surface area (Å²) in [6, 6.07) is 2.40. The van der Waals surface area contributed by atoms with Crippen LogP contribution in [-0.4, -0.2) is 16.9 Å². The van der Waals surface area contributed by atoms with Crippen molar-refractivity contribution >= 4 is 34.8 Å². The molecule has 0 spiro atoms. The number of hydrogen-bond donors (Lipinski definition) is 1. The second-order valence-electron chi connectivity index (χ2n) is 4.15. The Morgan fingerprint density at radius 2 is 2.06 bits per heavy atom. The third-order valence-corrected chi connectivity index (χ3v) is 3.71. The normalized spacial score (nSPS) is 15.0. The molecule has 1 aliphatic rings. The number of nitrogens with zero attached hydrogens (tertiary/aromatic N) is 1. The first kappa shape index (κ1) is 13.1. The Labute approximate surface area is 113 Å². The van der Waals surface area contributed by atoms with Crippen LogP contribution in [-0.2, 0) is 0 Å². The Bertz CT molecular complexity index is 515. The number of nitro groups is 1. The second-order valence-corrected chi connectivity index (χ2v) is 4.93. The lowest BCUT2D eigenvalue weighted by Gasteiger charge is -2.26. The van der Waals surface area contributed by atoms with Crippen LogP contribution in [0.2, 0.25) is 10.0 Å². The lowest BCUT2D eigenvalue weighted by atomic mass is 9.93. The predicted octanol–water partition coefficient (Wildman–Crippen LogP) is 3.18. The number of amides is 1. The van der Waals surface area contributed by atoms with Crippen molar-refractivity contribution in [3.63, 3.8) is 0 Å². The highest BCUT2D eigenvalue weighted by Gasteiger charge is 2.24. The van der Waals surface area contributed by atoms with Crippen LogP contribution in [0.3, 0.4) is 0 Å². The van der Waals surface area contributed by atoms with Crippen molar-refractivity contribution < 1.29 is 9.72 Å². The molecule has 1 aliphatic carbocycles. The molecule has 96 valence electrons. The lowest BCUT2D eigenvalue weighted by molar-refractivity contribution is -0.384. The van der Waals surface area contributed by atoms with E-state index in [4.69, 9.17) is 23.2 Å². The van der Waals surface area contributed by atoms with Gasteiger partial charge in [0.1, 0.15) is 0 Å². The van der Waals surface area contributed by atoms with Gasteiger partial charge in [-0.2, -0.15) is 0 Å². The van der Waals surface area contributed by atoms with Gasteiger partial charge in [0, 0.05) is 18.2 Å². The van der Waals surface area contributed by atoms with Gasteiger partial charge in [0.25, 0.3) is 11.6 Å². The molecule has 0 bridgehead atoms. The molecule has 1 saturated carbocycles. The van der Waals surface area contributed by atoms with Crippen LogP contribution in [0.5, 0.6) is 0 Å². The molecule has 0 unspecified atom stereocenters. The topological polar surface area (TPSA) is 72.2 Å². The number of halogens is 2. The van der Waals surface area contributed by atoms with Crippen LogP contribution in [0, 0.1) is 10.1 Å². The summed E-state index contributed by atoms with van der Waals surface area (Å²) in [5.41, 5.74) is -0.203. The number of non-ortho nitro benzene ring substituents is 1. The summed E-state index contributed by atoms with van der Waals surface area (Å²) in [7, 11) is 0. The third-order valence-electron chi connectivity index (χ3n) is 2.91. The van der Waals surface area contributed by atoms with E-state index in [9.17, 15) is 14.9 Å². The highest BCUT2D eigenvalue weighted by atomic mass is 35.5. The van der Waals surface area contributed by atoms with Crippen molar-refractivity contribution in [3.8, 4) is 0 Å². The van der Waals surface area contributed by atoms with Crippen molar-refractivity contribution in [2.75, 3.05) is 0 Å². The van der Waals surface area contributed by atoms with Gasteiger partial charge in [-0.1, -0.05) is 23.2 Å². The molecule has 2 rings (SSSR count). The van der Waals surface area contributed by atoms with Crippen molar-refractivity contribution in [2.45, 2.75) is 25.3 Å². The van der Waals surface area contributed by atoms with Crippen LogP contribution < -0.4 is 5.32 Å². The molecule has 1 aromatic rings. The van der Waals surface area contributed by atoms with Gasteiger partial charge in [0.2, 0.25) is 0 Å². The smallest absolute Gasteiger partial charge is 0.271 e. The standard InChI is InChI=1S/C11H10Cl2N2O3/c12-9-5-7(15(17)18)4-8(10(9)13)11(16)14-6-2-1-3-6/h4-6H,1-3H2,(H,14,16). The molecule has 18 heavy (non-hydrogen) atoms. The maximum absolute atomic E-state index is 11.9. The van der Waals surface area contributed by atoms with Crippen LogP contribution in [0.15, 0.2) is 12.1 Å². The van der Waals surface area contributed by atoms with E-state index in [2.05, 4.69) is 5.32 Å². The summed E-state index contributed by atoms with van der Waals surface area (Å²) in [5, 5.41) is 13.5.